The van der Waals surface area contributed by atoms with Crippen molar-refractivity contribution in [3.8, 4) is 5.69 Å². The molecular weight excluding hydrogens is 314 g/mol. The predicted octanol–water partition coefficient (Wildman–Crippen LogP) is 1.17. The first kappa shape index (κ1) is 16.1. The van der Waals surface area contributed by atoms with Crippen LogP contribution in [0.1, 0.15) is 25.1 Å². The van der Waals surface area contributed by atoms with Gasteiger partial charge in [0.25, 0.3) is 0 Å². The van der Waals surface area contributed by atoms with Gasteiger partial charge in [-0.15, -0.1) is 10.2 Å². The average Bonchev–Trinajstić information content (AvgIpc) is 3.22. The molecule has 0 radical (unpaired) electrons. The highest BCUT2D eigenvalue weighted by Crippen LogP contribution is 2.29. The number of hydrogen-bond acceptors (Lipinski definition) is 4. The normalized spacial score (nSPS) is 21.5. The summed E-state index contributed by atoms with van der Waals surface area (Å²) in [5, 5.41) is 15.2. The Morgan fingerprint density at radius 1 is 1.24 bits per heavy atom. The van der Waals surface area contributed by atoms with Gasteiger partial charge in [0, 0.05) is 37.9 Å². The molecule has 2 heterocycles. The van der Waals surface area contributed by atoms with Gasteiger partial charge in [-0.3, -0.25) is 14.5 Å². The quantitative estimate of drug-likeness (QED) is 0.632. The summed E-state index contributed by atoms with van der Waals surface area (Å²) in [6, 6.07) is 11.4. The third-order valence-electron chi connectivity index (χ3n) is 4.91. The first-order valence-electron chi connectivity index (χ1n) is 8.99. The van der Waals surface area contributed by atoms with E-state index in [1.165, 1.54) is 25.8 Å². The Balaban J connectivity index is 1.33. The molecule has 0 spiro atoms. The Bertz CT molecular complexity index is 720. The highest BCUT2D eigenvalue weighted by Gasteiger charge is 2.34. The molecule has 25 heavy (non-hydrogen) atoms. The number of nitrogens with zero attached hydrogens (tertiary/aromatic N) is 5. The summed E-state index contributed by atoms with van der Waals surface area (Å²) in [6.07, 6.45) is 5.66. The lowest BCUT2D eigenvalue weighted by atomic mass is 10.3. The fourth-order valence-electron chi connectivity index (χ4n) is 3.41. The molecule has 1 aliphatic carbocycles. The number of likely N-dealkylation sites (tertiary alicyclic amines) is 1. The number of para-hydroxylation sites is 1. The Morgan fingerprint density at radius 2 is 2.08 bits per heavy atom. The van der Waals surface area contributed by atoms with Gasteiger partial charge in [0.15, 0.2) is 11.8 Å². The van der Waals surface area contributed by atoms with E-state index in [1.54, 1.807) is 6.33 Å². The second-order valence-corrected chi connectivity index (χ2v) is 6.73. The molecule has 132 valence electrons. The fraction of sp³-hybridized carbons (Fsp3) is 0.500. The molecule has 0 amide bonds. The zero-order valence-electron chi connectivity index (χ0n) is 14.6. The summed E-state index contributed by atoms with van der Waals surface area (Å²) in [4.78, 5) is 6.95. The van der Waals surface area contributed by atoms with Crippen molar-refractivity contribution in [1.29, 1.82) is 0 Å². The van der Waals surface area contributed by atoms with Gasteiger partial charge >= 0.3 is 0 Å². The highest BCUT2D eigenvalue weighted by molar-refractivity contribution is 5.79. The molecule has 1 atom stereocenters. The summed E-state index contributed by atoms with van der Waals surface area (Å²) in [5.74, 6) is 1.69. The number of rotatable bonds is 5. The van der Waals surface area contributed by atoms with Gasteiger partial charge in [0.05, 0.1) is 6.54 Å². The maximum Gasteiger partial charge on any atom is 0.191 e. The SMILES string of the molecule is CN=C(NCc1nncn1-c1ccccc1)NC1CCN(C2CC2)C1. The van der Waals surface area contributed by atoms with Crippen LogP contribution in [0.5, 0.6) is 0 Å². The van der Waals surface area contributed by atoms with Crippen LogP contribution in [0.15, 0.2) is 41.7 Å². The molecule has 2 aromatic rings. The lowest BCUT2D eigenvalue weighted by Gasteiger charge is -2.18. The molecule has 7 nitrogen and oxygen atoms in total. The molecule has 4 rings (SSSR count). The number of hydrogen-bond donors (Lipinski definition) is 2. The Kier molecular flexibility index (Phi) is 4.65. The van der Waals surface area contributed by atoms with E-state index in [0.717, 1.165) is 30.1 Å². The summed E-state index contributed by atoms with van der Waals surface area (Å²) in [6.45, 7) is 2.89. The van der Waals surface area contributed by atoms with Crippen molar-refractivity contribution in [1.82, 2.24) is 30.3 Å². The zero-order chi connectivity index (χ0) is 17.1. The van der Waals surface area contributed by atoms with Crippen LogP contribution >= 0.6 is 0 Å². The molecular formula is C18H25N7. The summed E-state index contributed by atoms with van der Waals surface area (Å²) in [7, 11) is 1.81. The van der Waals surface area contributed by atoms with Crippen molar-refractivity contribution < 1.29 is 0 Å². The highest BCUT2D eigenvalue weighted by atomic mass is 15.3. The van der Waals surface area contributed by atoms with E-state index in [1.807, 2.05) is 41.9 Å². The van der Waals surface area contributed by atoms with Crippen molar-refractivity contribution in [3.05, 3.63) is 42.5 Å². The minimum atomic E-state index is 0.471. The average molecular weight is 339 g/mol. The number of aliphatic imine (C=N–C) groups is 1. The topological polar surface area (TPSA) is 70.4 Å². The van der Waals surface area contributed by atoms with E-state index < -0.39 is 0 Å². The Labute approximate surface area is 148 Å². The summed E-state index contributed by atoms with van der Waals surface area (Å²) < 4.78 is 1.99. The minimum Gasteiger partial charge on any atom is -0.352 e. The van der Waals surface area contributed by atoms with E-state index in [2.05, 4.69) is 30.7 Å². The van der Waals surface area contributed by atoms with Crippen LogP contribution in [0.4, 0.5) is 0 Å². The molecule has 0 bridgehead atoms. The van der Waals surface area contributed by atoms with Crippen molar-refractivity contribution in [2.45, 2.75) is 37.9 Å². The summed E-state index contributed by atoms with van der Waals surface area (Å²) in [5.41, 5.74) is 1.06. The van der Waals surface area contributed by atoms with Gasteiger partial charge < -0.3 is 10.6 Å². The van der Waals surface area contributed by atoms with Crippen LogP contribution in [0.25, 0.3) is 5.69 Å². The van der Waals surface area contributed by atoms with Gasteiger partial charge in [0.2, 0.25) is 0 Å². The minimum absolute atomic E-state index is 0.471. The Hall–Kier alpha value is -2.41. The third kappa shape index (κ3) is 3.82. The van der Waals surface area contributed by atoms with E-state index in [-0.39, 0.29) is 0 Å². The van der Waals surface area contributed by atoms with Crippen LogP contribution < -0.4 is 10.6 Å². The first-order valence-corrected chi connectivity index (χ1v) is 8.99. The van der Waals surface area contributed by atoms with Gasteiger partial charge in [0.1, 0.15) is 6.33 Å². The van der Waals surface area contributed by atoms with Gasteiger partial charge in [-0.2, -0.15) is 0 Å². The lowest BCUT2D eigenvalue weighted by Crippen LogP contribution is -2.44. The standard InChI is InChI=1S/C18H25N7/c1-19-18(22-14-9-10-24(12-14)15-7-8-15)20-11-17-23-21-13-25(17)16-5-3-2-4-6-16/h2-6,13-15H,7-12H2,1H3,(H2,19,20,22). The molecule has 1 saturated heterocycles. The first-order chi connectivity index (χ1) is 12.3. The molecule has 1 aromatic heterocycles. The van der Waals surface area contributed by atoms with Crippen LogP contribution in [-0.2, 0) is 6.54 Å². The maximum absolute atomic E-state index is 4.36. The zero-order valence-corrected chi connectivity index (χ0v) is 14.6. The number of guanidine groups is 1. The monoisotopic (exact) mass is 339 g/mol. The van der Waals surface area contributed by atoms with Crippen molar-refractivity contribution >= 4 is 5.96 Å². The fourth-order valence-corrected chi connectivity index (χ4v) is 3.41. The van der Waals surface area contributed by atoms with E-state index in [4.69, 9.17) is 0 Å². The molecule has 2 N–H and O–H groups in total. The molecule has 1 aromatic carbocycles. The molecule has 2 aliphatic rings. The molecule has 2 fully saturated rings. The van der Waals surface area contributed by atoms with Crippen LogP contribution in [0.3, 0.4) is 0 Å². The molecule has 1 aliphatic heterocycles. The van der Waals surface area contributed by atoms with Gasteiger partial charge in [-0.05, 0) is 31.4 Å². The van der Waals surface area contributed by atoms with Crippen molar-refractivity contribution in [2.24, 2.45) is 4.99 Å². The smallest absolute Gasteiger partial charge is 0.191 e. The Morgan fingerprint density at radius 3 is 2.84 bits per heavy atom. The molecule has 1 unspecified atom stereocenters. The summed E-state index contributed by atoms with van der Waals surface area (Å²) >= 11 is 0. The van der Waals surface area contributed by atoms with Crippen LogP contribution in [-0.4, -0.2) is 57.8 Å². The predicted molar refractivity (Wildman–Crippen MR) is 97.7 cm³/mol. The van der Waals surface area contributed by atoms with Crippen LogP contribution in [0.2, 0.25) is 0 Å². The van der Waals surface area contributed by atoms with Crippen molar-refractivity contribution in [2.75, 3.05) is 20.1 Å². The third-order valence-corrected chi connectivity index (χ3v) is 4.91. The lowest BCUT2D eigenvalue weighted by molar-refractivity contribution is 0.321. The van der Waals surface area contributed by atoms with Gasteiger partial charge in [-0.1, -0.05) is 18.2 Å². The second-order valence-electron chi connectivity index (χ2n) is 6.73. The van der Waals surface area contributed by atoms with E-state index in [0.29, 0.717) is 12.6 Å². The molecule has 1 saturated carbocycles. The second kappa shape index (κ2) is 7.23. The van der Waals surface area contributed by atoms with Gasteiger partial charge in [-0.25, -0.2) is 0 Å². The molecule has 7 heteroatoms. The van der Waals surface area contributed by atoms with Crippen LogP contribution in [0, 0.1) is 0 Å². The largest absolute Gasteiger partial charge is 0.352 e. The van der Waals surface area contributed by atoms with Crippen molar-refractivity contribution in [3.63, 3.8) is 0 Å². The number of benzene rings is 1. The van der Waals surface area contributed by atoms with E-state index in [9.17, 15) is 0 Å². The number of aromatic nitrogens is 3. The number of nitrogens with one attached hydrogen (secondary N) is 2. The van der Waals surface area contributed by atoms with E-state index >= 15 is 0 Å². The maximum atomic E-state index is 4.36.